The van der Waals surface area contributed by atoms with Crippen LogP contribution in [0.3, 0.4) is 0 Å². The van der Waals surface area contributed by atoms with E-state index in [2.05, 4.69) is 12.2 Å². The van der Waals surface area contributed by atoms with Crippen LogP contribution in [-0.4, -0.2) is 38.1 Å². The maximum Gasteiger partial charge on any atom is 0.342 e. The zero-order valence-corrected chi connectivity index (χ0v) is 17.3. The average Bonchev–Trinajstić information content (AvgIpc) is 2.48. The maximum absolute atomic E-state index is 11.1. The third-order valence-corrected chi connectivity index (χ3v) is 8.03. The van der Waals surface area contributed by atoms with Crippen molar-refractivity contribution in [1.82, 2.24) is 5.32 Å². The lowest BCUT2D eigenvalue weighted by molar-refractivity contribution is 0.336. The highest BCUT2D eigenvalue weighted by Gasteiger charge is 2.42. The second-order valence-corrected chi connectivity index (χ2v) is 10.8. The third-order valence-electron chi connectivity index (χ3n) is 4.31. The van der Waals surface area contributed by atoms with Gasteiger partial charge in [-0.3, -0.25) is 9.13 Å². The highest BCUT2D eigenvalue weighted by atomic mass is 31.2. The van der Waals surface area contributed by atoms with Gasteiger partial charge in [-0.2, -0.15) is 0 Å². The van der Waals surface area contributed by atoms with Crippen molar-refractivity contribution in [3.8, 4) is 0 Å². The van der Waals surface area contributed by atoms with Crippen LogP contribution in [0.2, 0.25) is 0 Å². The lowest BCUT2D eigenvalue weighted by Crippen LogP contribution is -2.27. The van der Waals surface area contributed by atoms with Crippen LogP contribution in [0.5, 0.6) is 0 Å². The quantitative estimate of drug-likeness (QED) is 0.184. The largest absolute Gasteiger partial charge is 0.342 e. The molecule has 7 nitrogen and oxygen atoms in total. The number of rotatable bonds is 17. The summed E-state index contributed by atoms with van der Waals surface area (Å²) in [5, 5.41) is 0.803. The van der Waals surface area contributed by atoms with Gasteiger partial charge < -0.3 is 24.9 Å². The first-order valence-corrected chi connectivity index (χ1v) is 12.9. The van der Waals surface area contributed by atoms with E-state index in [4.69, 9.17) is 19.6 Å². The predicted molar refractivity (Wildman–Crippen MR) is 102 cm³/mol. The summed E-state index contributed by atoms with van der Waals surface area (Å²) in [4.78, 5) is 36.0. The molecule has 0 saturated carbocycles. The average molecular weight is 401 g/mol. The minimum absolute atomic E-state index is 0.368. The predicted octanol–water partition coefficient (Wildman–Crippen LogP) is 3.96. The van der Waals surface area contributed by atoms with Crippen molar-refractivity contribution in [2.24, 2.45) is 0 Å². The SMILES string of the molecule is CCCCCCCCCCCCCCNCC(P(=O)(O)O)P(=O)(O)O. The first-order valence-electron chi connectivity index (χ1n) is 9.50. The van der Waals surface area contributed by atoms with Crippen molar-refractivity contribution in [3.05, 3.63) is 0 Å². The minimum atomic E-state index is -4.81. The molecule has 0 aliphatic rings. The molecule has 0 aromatic rings. The molecule has 152 valence electrons. The highest BCUT2D eigenvalue weighted by Crippen LogP contribution is 2.59. The van der Waals surface area contributed by atoms with Gasteiger partial charge in [0.2, 0.25) is 0 Å². The molecule has 0 atom stereocenters. The van der Waals surface area contributed by atoms with Gasteiger partial charge in [0.25, 0.3) is 0 Å². The molecule has 0 rings (SSSR count). The Morgan fingerprint density at radius 1 is 0.680 bits per heavy atom. The molecule has 0 aliphatic heterocycles. The maximum atomic E-state index is 11.1. The highest BCUT2D eigenvalue weighted by molar-refractivity contribution is 7.70. The van der Waals surface area contributed by atoms with Gasteiger partial charge in [-0.05, 0) is 13.0 Å². The van der Waals surface area contributed by atoms with Gasteiger partial charge in [0.15, 0.2) is 5.40 Å². The van der Waals surface area contributed by atoms with E-state index in [1.54, 1.807) is 0 Å². The first kappa shape index (κ1) is 25.3. The topological polar surface area (TPSA) is 127 Å². The summed E-state index contributed by atoms with van der Waals surface area (Å²) in [5.74, 6) is 0. The second-order valence-electron chi connectivity index (χ2n) is 6.75. The Hall–Kier alpha value is 0.260. The third kappa shape index (κ3) is 15.1. The fourth-order valence-corrected chi connectivity index (χ4v) is 5.06. The van der Waals surface area contributed by atoms with Crippen molar-refractivity contribution >= 4 is 15.2 Å². The molecule has 5 N–H and O–H groups in total. The first-order chi connectivity index (χ1) is 11.7. The van der Waals surface area contributed by atoms with E-state index in [9.17, 15) is 9.13 Å². The number of unbranched alkanes of at least 4 members (excludes halogenated alkanes) is 11. The van der Waals surface area contributed by atoms with E-state index in [-0.39, 0.29) is 6.54 Å². The number of hydrogen-bond acceptors (Lipinski definition) is 3. The van der Waals surface area contributed by atoms with Crippen molar-refractivity contribution < 1.29 is 28.7 Å². The Morgan fingerprint density at radius 3 is 1.40 bits per heavy atom. The summed E-state index contributed by atoms with van der Waals surface area (Å²) >= 11 is 0. The molecule has 0 heterocycles. The summed E-state index contributed by atoms with van der Waals surface area (Å²) in [7, 11) is -9.62. The van der Waals surface area contributed by atoms with Gasteiger partial charge >= 0.3 is 15.2 Å². The summed E-state index contributed by atoms with van der Waals surface area (Å²) in [6.07, 6.45) is 14.7. The van der Waals surface area contributed by atoms with Gasteiger partial charge in [0.05, 0.1) is 0 Å². The van der Waals surface area contributed by atoms with Gasteiger partial charge in [-0.25, -0.2) is 0 Å². The van der Waals surface area contributed by atoms with E-state index < -0.39 is 20.6 Å². The Labute approximate surface area is 152 Å². The van der Waals surface area contributed by atoms with Gasteiger partial charge in [-0.15, -0.1) is 0 Å². The molecule has 0 aliphatic carbocycles. The van der Waals surface area contributed by atoms with Gasteiger partial charge in [0, 0.05) is 6.54 Å². The van der Waals surface area contributed by atoms with Gasteiger partial charge in [0.1, 0.15) is 0 Å². The molecule has 0 aromatic carbocycles. The second kappa shape index (κ2) is 14.3. The summed E-state index contributed by atoms with van der Waals surface area (Å²) in [6, 6.07) is 0. The van der Waals surface area contributed by atoms with Crippen LogP contribution in [0.4, 0.5) is 0 Å². The molecular weight excluding hydrogens is 364 g/mol. The Kier molecular flexibility index (Phi) is 14.5. The van der Waals surface area contributed by atoms with Crippen LogP contribution in [0.1, 0.15) is 84.0 Å². The summed E-state index contributed by atoms with van der Waals surface area (Å²) in [5.41, 5.74) is 0. The zero-order chi connectivity index (χ0) is 19.2. The molecule has 0 spiro atoms. The molecule has 0 radical (unpaired) electrons. The molecule has 25 heavy (non-hydrogen) atoms. The Morgan fingerprint density at radius 2 is 1.04 bits per heavy atom. The van der Waals surface area contributed by atoms with Crippen molar-refractivity contribution in [3.63, 3.8) is 0 Å². The van der Waals surface area contributed by atoms with Crippen molar-refractivity contribution in [2.75, 3.05) is 13.1 Å². The van der Waals surface area contributed by atoms with Crippen LogP contribution in [0.15, 0.2) is 0 Å². The molecule has 0 unspecified atom stereocenters. The number of nitrogens with one attached hydrogen (secondary N) is 1. The van der Waals surface area contributed by atoms with E-state index >= 15 is 0 Å². The Bertz CT molecular complexity index is 387. The Balaban J connectivity index is 3.50. The molecule has 0 fully saturated rings. The molecule has 0 bridgehead atoms. The van der Waals surface area contributed by atoms with Crippen molar-refractivity contribution in [2.45, 2.75) is 89.4 Å². The monoisotopic (exact) mass is 401 g/mol. The standard InChI is InChI=1S/C16H37NO6P2/c1-2-3-4-5-6-7-8-9-10-11-12-13-14-17-15-16(24(18,19)20)25(21,22)23/h16-17H,2-15H2,1H3,(H2,18,19,20)(H2,21,22,23). The fraction of sp³-hybridized carbons (Fsp3) is 1.00. The lowest BCUT2D eigenvalue weighted by Gasteiger charge is -2.19. The zero-order valence-electron chi connectivity index (χ0n) is 15.5. The normalized spacial score (nSPS) is 12.9. The lowest BCUT2D eigenvalue weighted by atomic mass is 10.1. The number of hydrogen-bond donors (Lipinski definition) is 5. The summed E-state index contributed by atoms with van der Waals surface area (Å²) in [6.45, 7) is 2.36. The van der Waals surface area contributed by atoms with Crippen LogP contribution < -0.4 is 5.32 Å². The van der Waals surface area contributed by atoms with Crippen LogP contribution >= 0.6 is 15.2 Å². The van der Waals surface area contributed by atoms with Crippen LogP contribution in [-0.2, 0) is 9.13 Å². The van der Waals surface area contributed by atoms with Crippen LogP contribution in [0, 0.1) is 0 Å². The van der Waals surface area contributed by atoms with Crippen LogP contribution in [0.25, 0.3) is 0 Å². The molecular formula is C16H37NO6P2. The summed E-state index contributed by atoms with van der Waals surface area (Å²) < 4.78 is 22.2. The molecule has 9 heteroatoms. The molecule has 0 saturated heterocycles. The minimum Gasteiger partial charge on any atom is -0.324 e. The van der Waals surface area contributed by atoms with Crippen molar-refractivity contribution in [1.29, 1.82) is 0 Å². The van der Waals surface area contributed by atoms with E-state index in [1.807, 2.05) is 0 Å². The molecule has 0 aromatic heterocycles. The van der Waals surface area contributed by atoms with E-state index in [0.29, 0.717) is 6.54 Å². The van der Waals surface area contributed by atoms with E-state index in [0.717, 1.165) is 19.3 Å². The van der Waals surface area contributed by atoms with Gasteiger partial charge in [-0.1, -0.05) is 77.6 Å². The smallest absolute Gasteiger partial charge is 0.324 e. The molecule has 0 amide bonds. The van der Waals surface area contributed by atoms with E-state index in [1.165, 1.54) is 57.8 Å². The fourth-order valence-electron chi connectivity index (χ4n) is 2.76.